The van der Waals surface area contributed by atoms with E-state index in [1.54, 1.807) is 6.07 Å². The van der Waals surface area contributed by atoms with E-state index in [0.29, 0.717) is 12.4 Å². The topological polar surface area (TPSA) is 34.1 Å². The van der Waals surface area contributed by atoms with Crippen molar-refractivity contribution >= 4 is 11.5 Å². The van der Waals surface area contributed by atoms with Crippen molar-refractivity contribution in [2.75, 3.05) is 5.32 Å². The molecule has 0 aliphatic heterocycles. The van der Waals surface area contributed by atoms with E-state index < -0.39 is 0 Å². The Kier molecular flexibility index (Phi) is 4.30. The molecular formula is C18H15FN2O. The summed E-state index contributed by atoms with van der Waals surface area (Å²) in [5.41, 5.74) is 1.99. The van der Waals surface area contributed by atoms with Gasteiger partial charge in [0.15, 0.2) is 0 Å². The molecule has 110 valence electrons. The molecule has 0 atom stereocenters. The first-order chi connectivity index (χ1) is 10.8. The number of hydrogen-bond acceptors (Lipinski definition) is 3. The number of nitrogens with one attached hydrogen (secondary N) is 1. The van der Waals surface area contributed by atoms with Crippen LogP contribution in [-0.4, -0.2) is 4.98 Å². The third-order valence-corrected chi connectivity index (χ3v) is 3.10. The molecule has 22 heavy (non-hydrogen) atoms. The van der Waals surface area contributed by atoms with Crippen LogP contribution in [0.5, 0.6) is 5.75 Å². The maximum absolute atomic E-state index is 12.8. The summed E-state index contributed by atoms with van der Waals surface area (Å²) >= 11 is 0. The second kappa shape index (κ2) is 6.72. The van der Waals surface area contributed by atoms with E-state index in [1.165, 1.54) is 12.3 Å². The van der Waals surface area contributed by atoms with Crippen molar-refractivity contribution in [3.8, 4) is 5.75 Å². The minimum atomic E-state index is -0.352. The summed E-state index contributed by atoms with van der Waals surface area (Å²) in [6.45, 7) is 0.535. The summed E-state index contributed by atoms with van der Waals surface area (Å²) in [6, 6.07) is 20.5. The summed E-state index contributed by atoms with van der Waals surface area (Å²) in [6.07, 6.45) is 1.18. The molecule has 1 aromatic heterocycles. The van der Waals surface area contributed by atoms with Gasteiger partial charge in [0, 0.05) is 5.69 Å². The molecule has 0 radical (unpaired) electrons. The van der Waals surface area contributed by atoms with Crippen LogP contribution in [0, 0.1) is 5.82 Å². The van der Waals surface area contributed by atoms with Gasteiger partial charge in [0.05, 0.1) is 6.20 Å². The molecule has 4 heteroatoms. The molecule has 1 heterocycles. The number of anilines is 2. The largest absolute Gasteiger partial charge is 0.489 e. The lowest BCUT2D eigenvalue weighted by molar-refractivity contribution is 0.306. The van der Waals surface area contributed by atoms with Crippen LogP contribution in [0.4, 0.5) is 15.9 Å². The van der Waals surface area contributed by atoms with Crippen LogP contribution in [0.25, 0.3) is 0 Å². The van der Waals surface area contributed by atoms with Crippen LogP contribution >= 0.6 is 0 Å². The zero-order valence-corrected chi connectivity index (χ0v) is 11.9. The van der Waals surface area contributed by atoms with E-state index in [0.717, 1.165) is 17.0 Å². The van der Waals surface area contributed by atoms with Crippen LogP contribution in [0.15, 0.2) is 72.9 Å². The molecule has 0 unspecified atom stereocenters. The van der Waals surface area contributed by atoms with Gasteiger partial charge < -0.3 is 10.1 Å². The SMILES string of the molecule is Fc1ccc(Nc2ccc(OCc3ccccc3)cc2)nc1. The fourth-order valence-electron chi connectivity index (χ4n) is 1.97. The van der Waals surface area contributed by atoms with Crippen molar-refractivity contribution in [2.45, 2.75) is 6.61 Å². The molecule has 0 saturated heterocycles. The zero-order valence-electron chi connectivity index (χ0n) is 11.9. The van der Waals surface area contributed by atoms with Crippen LogP contribution in [-0.2, 0) is 6.61 Å². The predicted molar refractivity (Wildman–Crippen MR) is 84.7 cm³/mol. The van der Waals surface area contributed by atoms with Crippen LogP contribution in [0.3, 0.4) is 0 Å². The van der Waals surface area contributed by atoms with Crippen molar-refractivity contribution in [3.05, 3.63) is 84.3 Å². The molecule has 3 rings (SSSR count). The van der Waals surface area contributed by atoms with Crippen molar-refractivity contribution in [1.29, 1.82) is 0 Å². The van der Waals surface area contributed by atoms with Crippen LogP contribution in [0.1, 0.15) is 5.56 Å². The van der Waals surface area contributed by atoms with Gasteiger partial charge in [-0.25, -0.2) is 9.37 Å². The molecule has 0 spiro atoms. The van der Waals surface area contributed by atoms with Gasteiger partial charge in [-0.05, 0) is 42.0 Å². The van der Waals surface area contributed by atoms with E-state index >= 15 is 0 Å². The van der Waals surface area contributed by atoms with E-state index in [2.05, 4.69) is 10.3 Å². The monoisotopic (exact) mass is 294 g/mol. The highest BCUT2D eigenvalue weighted by molar-refractivity contribution is 5.56. The Morgan fingerprint density at radius 2 is 1.68 bits per heavy atom. The van der Waals surface area contributed by atoms with E-state index in [4.69, 9.17) is 4.74 Å². The number of nitrogens with zero attached hydrogens (tertiary/aromatic N) is 1. The molecule has 0 amide bonds. The van der Waals surface area contributed by atoms with E-state index in [9.17, 15) is 4.39 Å². The van der Waals surface area contributed by atoms with Crippen molar-refractivity contribution in [3.63, 3.8) is 0 Å². The molecule has 2 aromatic carbocycles. The molecule has 0 aliphatic rings. The van der Waals surface area contributed by atoms with Gasteiger partial charge in [-0.2, -0.15) is 0 Å². The summed E-state index contributed by atoms with van der Waals surface area (Å²) in [4.78, 5) is 3.95. The molecule has 3 nitrogen and oxygen atoms in total. The molecule has 0 saturated carbocycles. The Balaban J connectivity index is 1.59. The van der Waals surface area contributed by atoms with Crippen molar-refractivity contribution < 1.29 is 9.13 Å². The fourth-order valence-corrected chi connectivity index (χ4v) is 1.97. The lowest BCUT2D eigenvalue weighted by Crippen LogP contribution is -1.96. The normalized spacial score (nSPS) is 10.2. The maximum atomic E-state index is 12.8. The van der Waals surface area contributed by atoms with E-state index in [-0.39, 0.29) is 5.82 Å². The minimum Gasteiger partial charge on any atom is -0.489 e. The quantitative estimate of drug-likeness (QED) is 0.750. The van der Waals surface area contributed by atoms with E-state index in [1.807, 2.05) is 54.6 Å². The number of rotatable bonds is 5. The first-order valence-corrected chi connectivity index (χ1v) is 6.95. The first-order valence-electron chi connectivity index (χ1n) is 6.95. The van der Waals surface area contributed by atoms with Crippen molar-refractivity contribution in [1.82, 2.24) is 4.98 Å². The summed E-state index contributed by atoms with van der Waals surface area (Å²) in [5, 5.41) is 3.10. The number of hydrogen-bond donors (Lipinski definition) is 1. The number of ether oxygens (including phenoxy) is 1. The minimum absolute atomic E-state index is 0.352. The Morgan fingerprint density at radius 3 is 2.36 bits per heavy atom. The van der Waals surface area contributed by atoms with Gasteiger partial charge in [-0.15, -0.1) is 0 Å². The standard InChI is InChI=1S/C18H15FN2O/c19-15-6-11-18(20-12-15)21-16-7-9-17(10-8-16)22-13-14-4-2-1-3-5-14/h1-12H,13H2,(H,20,21). The zero-order chi connectivity index (χ0) is 15.2. The first kappa shape index (κ1) is 14.1. The van der Waals surface area contributed by atoms with Crippen LogP contribution < -0.4 is 10.1 Å². The smallest absolute Gasteiger partial charge is 0.141 e. The Hall–Kier alpha value is -2.88. The lowest BCUT2D eigenvalue weighted by atomic mass is 10.2. The van der Waals surface area contributed by atoms with Gasteiger partial charge in [0.1, 0.15) is 24.0 Å². The highest BCUT2D eigenvalue weighted by Gasteiger charge is 1.99. The predicted octanol–water partition coefficient (Wildman–Crippen LogP) is 4.54. The summed E-state index contributed by atoms with van der Waals surface area (Å²) in [7, 11) is 0. The molecule has 0 bridgehead atoms. The molecule has 0 fully saturated rings. The van der Waals surface area contributed by atoms with Gasteiger partial charge in [-0.1, -0.05) is 30.3 Å². The fraction of sp³-hybridized carbons (Fsp3) is 0.0556. The van der Waals surface area contributed by atoms with Gasteiger partial charge >= 0.3 is 0 Å². The second-order valence-corrected chi connectivity index (χ2v) is 4.79. The molecule has 3 aromatic rings. The highest BCUT2D eigenvalue weighted by Crippen LogP contribution is 2.19. The average molecular weight is 294 g/mol. The Labute approximate surface area is 128 Å². The summed E-state index contributed by atoms with van der Waals surface area (Å²) < 4.78 is 18.5. The second-order valence-electron chi connectivity index (χ2n) is 4.79. The van der Waals surface area contributed by atoms with Gasteiger partial charge in [0.25, 0.3) is 0 Å². The highest BCUT2D eigenvalue weighted by atomic mass is 19.1. The third-order valence-electron chi connectivity index (χ3n) is 3.10. The van der Waals surface area contributed by atoms with Crippen molar-refractivity contribution in [2.24, 2.45) is 0 Å². The third kappa shape index (κ3) is 3.82. The maximum Gasteiger partial charge on any atom is 0.141 e. The average Bonchev–Trinajstić information content (AvgIpc) is 2.57. The summed E-state index contributed by atoms with van der Waals surface area (Å²) in [5.74, 6) is 1.04. The molecular weight excluding hydrogens is 279 g/mol. The van der Waals surface area contributed by atoms with Gasteiger partial charge in [0.2, 0.25) is 0 Å². The molecule has 0 aliphatic carbocycles. The number of pyridine rings is 1. The van der Waals surface area contributed by atoms with Crippen LogP contribution in [0.2, 0.25) is 0 Å². The molecule has 1 N–H and O–H groups in total. The Bertz CT molecular complexity index is 712. The number of benzene rings is 2. The Morgan fingerprint density at radius 1 is 0.909 bits per heavy atom. The lowest BCUT2D eigenvalue weighted by Gasteiger charge is -2.08. The number of halogens is 1. The van der Waals surface area contributed by atoms with Gasteiger partial charge in [-0.3, -0.25) is 0 Å². The number of aromatic nitrogens is 1.